The Morgan fingerprint density at radius 2 is 2.06 bits per heavy atom. The van der Waals surface area contributed by atoms with E-state index in [1.165, 1.54) is 12.0 Å². The molecule has 1 aromatic heterocycles. The molecule has 0 amide bonds. The van der Waals surface area contributed by atoms with Crippen molar-refractivity contribution in [2.75, 3.05) is 24.5 Å². The van der Waals surface area contributed by atoms with E-state index in [1.54, 1.807) is 0 Å². The zero-order chi connectivity index (χ0) is 13.4. The van der Waals surface area contributed by atoms with Crippen LogP contribution in [0.2, 0.25) is 0 Å². The summed E-state index contributed by atoms with van der Waals surface area (Å²) in [5.41, 5.74) is 1.26. The molecule has 0 fully saturated rings. The minimum atomic E-state index is 0.664. The summed E-state index contributed by atoms with van der Waals surface area (Å²) in [5, 5.41) is 3.39. The lowest BCUT2D eigenvalue weighted by Crippen LogP contribution is -2.28. The molecule has 3 nitrogen and oxygen atoms in total. The van der Waals surface area contributed by atoms with Gasteiger partial charge in [0.2, 0.25) is 0 Å². The molecule has 0 saturated heterocycles. The van der Waals surface area contributed by atoms with E-state index in [0.29, 0.717) is 5.92 Å². The van der Waals surface area contributed by atoms with Crippen LogP contribution in [0.3, 0.4) is 0 Å². The third kappa shape index (κ3) is 5.05. The van der Waals surface area contributed by atoms with Crippen molar-refractivity contribution in [3.05, 3.63) is 23.9 Å². The van der Waals surface area contributed by atoms with E-state index in [-0.39, 0.29) is 0 Å². The van der Waals surface area contributed by atoms with E-state index >= 15 is 0 Å². The van der Waals surface area contributed by atoms with Gasteiger partial charge in [-0.05, 0) is 37.4 Å². The Balaban J connectivity index is 2.57. The Labute approximate surface area is 112 Å². The molecule has 0 atom stereocenters. The Bertz CT molecular complexity index is 319. The third-order valence-electron chi connectivity index (χ3n) is 2.86. The van der Waals surface area contributed by atoms with Gasteiger partial charge in [-0.2, -0.15) is 0 Å². The van der Waals surface area contributed by atoms with Gasteiger partial charge in [0.05, 0.1) is 0 Å². The highest BCUT2D eigenvalue weighted by atomic mass is 15.2. The van der Waals surface area contributed by atoms with Crippen LogP contribution in [0.15, 0.2) is 18.3 Å². The van der Waals surface area contributed by atoms with E-state index in [9.17, 15) is 0 Å². The minimum Gasteiger partial charge on any atom is -0.357 e. The van der Waals surface area contributed by atoms with E-state index < -0.39 is 0 Å². The summed E-state index contributed by atoms with van der Waals surface area (Å²) in [6, 6.07) is 4.31. The highest BCUT2D eigenvalue weighted by Crippen LogP contribution is 2.13. The van der Waals surface area contributed by atoms with Crippen molar-refractivity contribution in [3.63, 3.8) is 0 Å². The maximum absolute atomic E-state index is 4.57. The van der Waals surface area contributed by atoms with E-state index in [2.05, 4.69) is 55.0 Å². The number of anilines is 1. The number of hydrogen-bond acceptors (Lipinski definition) is 3. The number of nitrogens with zero attached hydrogens (tertiary/aromatic N) is 2. The van der Waals surface area contributed by atoms with Crippen molar-refractivity contribution < 1.29 is 0 Å². The average Bonchev–Trinajstić information content (AvgIpc) is 2.37. The van der Waals surface area contributed by atoms with Crippen molar-refractivity contribution in [1.29, 1.82) is 0 Å². The second kappa shape index (κ2) is 8.09. The van der Waals surface area contributed by atoms with Crippen LogP contribution >= 0.6 is 0 Å². The fourth-order valence-corrected chi connectivity index (χ4v) is 1.94. The minimum absolute atomic E-state index is 0.664. The van der Waals surface area contributed by atoms with Crippen LogP contribution in [-0.2, 0) is 6.54 Å². The first-order valence-electron chi connectivity index (χ1n) is 7.08. The lowest BCUT2D eigenvalue weighted by atomic mass is 10.2. The largest absolute Gasteiger partial charge is 0.357 e. The van der Waals surface area contributed by atoms with Crippen LogP contribution in [0, 0.1) is 5.92 Å². The van der Waals surface area contributed by atoms with E-state index in [4.69, 9.17) is 0 Å². The molecule has 0 aliphatic heterocycles. The molecule has 0 aliphatic rings. The van der Waals surface area contributed by atoms with Gasteiger partial charge in [-0.3, -0.25) is 0 Å². The molecule has 1 rings (SSSR count). The molecule has 1 heterocycles. The fourth-order valence-electron chi connectivity index (χ4n) is 1.94. The molecule has 0 saturated carbocycles. The number of nitrogens with one attached hydrogen (secondary N) is 1. The Morgan fingerprint density at radius 3 is 2.56 bits per heavy atom. The third-order valence-corrected chi connectivity index (χ3v) is 2.86. The molecule has 0 radical (unpaired) electrons. The van der Waals surface area contributed by atoms with Gasteiger partial charge in [0.25, 0.3) is 0 Å². The standard InChI is InChI=1S/C15H27N3/c1-5-9-16-10-14-7-8-15(17-11-14)18(6-2)12-13(3)4/h7-8,11,13,16H,5-6,9-10,12H2,1-4H3. The van der Waals surface area contributed by atoms with Gasteiger partial charge in [0.1, 0.15) is 5.82 Å². The van der Waals surface area contributed by atoms with Gasteiger partial charge in [-0.15, -0.1) is 0 Å². The molecule has 0 aliphatic carbocycles. The zero-order valence-electron chi connectivity index (χ0n) is 12.2. The number of aromatic nitrogens is 1. The van der Waals surface area contributed by atoms with Crippen molar-refractivity contribution in [2.24, 2.45) is 5.92 Å². The van der Waals surface area contributed by atoms with E-state index in [0.717, 1.165) is 32.0 Å². The summed E-state index contributed by atoms with van der Waals surface area (Å²) < 4.78 is 0. The quantitative estimate of drug-likeness (QED) is 0.718. The first kappa shape index (κ1) is 15.0. The second-order valence-electron chi connectivity index (χ2n) is 5.13. The predicted octanol–water partition coefficient (Wildman–Crippen LogP) is 3.06. The van der Waals surface area contributed by atoms with Gasteiger partial charge in [-0.25, -0.2) is 4.98 Å². The molecule has 102 valence electrons. The first-order valence-corrected chi connectivity index (χ1v) is 7.08. The van der Waals surface area contributed by atoms with Crippen LogP contribution in [0.25, 0.3) is 0 Å². The van der Waals surface area contributed by atoms with Crippen LogP contribution in [0.1, 0.15) is 39.7 Å². The van der Waals surface area contributed by atoms with E-state index in [1.807, 2.05) is 6.20 Å². The Kier molecular flexibility index (Phi) is 6.73. The highest BCUT2D eigenvalue weighted by molar-refractivity contribution is 5.39. The Hall–Kier alpha value is -1.09. The maximum Gasteiger partial charge on any atom is 0.128 e. The smallest absolute Gasteiger partial charge is 0.128 e. The van der Waals surface area contributed by atoms with Gasteiger partial charge in [0.15, 0.2) is 0 Å². The Morgan fingerprint density at radius 1 is 1.28 bits per heavy atom. The van der Waals surface area contributed by atoms with Crippen LogP contribution < -0.4 is 10.2 Å². The first-order chi connectivity index (χ1) is 8.67. The van der Waals surface area contributed by atoms with Gasteiger partial charge in [0, 0.05) is 25.8 Å². The monoisotopic (exact) mass is 249 g/mol. The van der Waals surface area contributed by atoms with Crippen LogP contribution in [0.4, 0.5) is 5.82 Å². The van der Waals surface area contributed by atoms with Crippen molar-refractivity contribution >= 4 is 5.82 Å². The topological polar surface area (TPSA) is 28.2 Å². The molecule has 0 spiro atoms. The molecular formula is C15H27N3. The summed E-state index contributed by atoms with van der Waals surface area (Å²) in [7, 11) is 0. The molecule has 3 heteroatoms. The summed E-state index contributed by atoms with van der Waals surface area (Å²) >= 11 is 0. The number of rotatable bonds is 8. The molecule has 0 aromatic carbocycles. The maximum atomic E-state index is 4.57. The van der Waals surface area contributed by atoms with Gasteiger partial charge >= 0.3 is 0 Å². The SMILES string of the molecule is CCCNCc1ccc(N(CC)CC(C)C)nc1. The lowest BCUT2D eigenvalue weighted by molar-refractivity contribution is 0.614. The normalized spacial score (nSPS) is 10.9. The molecular weight excluding hydrogens is 222 g/mol. The lowest BCUT2D eigenvalue weighted by Gasteiger charge is -2.24. The van der Waals surface area contributed by atoms with Crippen LogP contribution in [-0.4, -0.2) is 24.6 Å². The fraction of sp³-hybridized carbons (Fsp3) is 0.667. The molecule has 0 bridgehead atoms. The molecule has 18 heavy (non-hydrogen) atoms. The summed E-state index contributed by atoms with van der Waals surface area (Å²) in [5.74, 6) is 1.75. The second-order valence-corrected chi connectivity index (χ2v) is 5.13. The highest BCUT2D eigenvalue weighted by Gasteiger charge is 2.07. The van der Waals surface area contributed by atoms with Crippen molar-refractivity contribution in [1.82, 2.24) is 10.3 Å². The predicted molar refractivity (Wildman–Crippen MR) is 79.0 cm³/mol. The average molecular weight is 249 g/mol. The molecule has 1 N–H and O–H groups in total. The number of pyridine rings is 1. The summed E-state index contributed by atoms with van der Waals surface area (Å²) in [4.78, 5) is 6.89. The molecule has 1 aromatic rings. The zero-order valence-corrected chi connectivity index (χ0v) is 12.2. The van der Waals surface area contributed by atoms with Gasteiger partial charge in [-0.1, -0.05) is 26.8 Å². The molecule has 0 unspecified atom stereocenters. The summed E-state index contributed by atoms with van der Waals surface area (Å²) in [6.07, 6.45) is 3.16. The van der Waals surface area contributed by atoms with Crippen LogP contribution in [0.5, 0.6) is 0 Å². The van der Waals surface area contributed by atoms with Gasteiger partial charge < -0.3 is 10.2 Å². The van der Waals surface area contributed by atoms with Crippen molar-refractivity contribution in [2.45, 2.75) is 40.7 Å². The van der Waals surface area contributed by atoms with Crippen molar-refractivity contribution in [3.8, 4) is 0 Å². The number of hydrogen-bond donors (Lipinski definition) is 1. The summed E-state index contributed by atoms with van der Waals surface area (Å²) in [6.45, 7) is 12.9.